The fraction of sp³-hybridized carbons (Fsp3) is 0.577. The van der Waals surface area contributed by atoms with Crippen molar-refractivity contribution in [2.45, 2.75) is 56.7 Å². The topological polar surface area (TPSA) is 108 Å². The first-order chi connectivity index (χ1) is 16.4. The monoisotopic (exact) mass is 462 g/mol. The molecule has 4 bridgehead atoms. The summed E-state index contributed by atoms with van der Waals surface area (Å²) < 4.78 is 0. The Morgan fingerprint density at radius 3 is 2.62 bits per heavy atom. The molecule has 8 heteroatoms. The van der Waals surface area contributed by atoms with Crippen molar-refractivity contribution >= 4 is 23.2 Å². The van der Waals surface area contributed by atoms with E-state index in [-0.39, 0.29) is 18.0 Å². The van der Waals surface area contributed by atoms with Crippen LogP contribution in [-0.4, -0.2) is 58.3 Å². The van der Waals surface area contributed by atoms with Crippen LogP contribution in [0.25, 0.3) is 0 Å². The lowest BCUT2D eigenvalue weighted by Gasteiger charge is -2.58. The van der Waals surface area contributed by atoms with E-state index in [0.717, 1.165) is 63.2 Å². The van der Waals surface area contributed by atoms with Crippen LogP contribution in [0.4, 0.5) is 17.3 Å². The van der Waals surface area contributed by atoms with Gasteiger partial charge >= 0.3 is 0 Å². The number of amides is 1. The van der Waals surface area contributed by atoms with Gasteiger partial charge in [0.1, 0.15) is 17.3 Å². The van der Waals surface area contributed by atoms with Gasteiger partial charge in [-0.05, 0) is 81.0 Å². The molecule has 4 N–H and O–H groups in total. The van der Waals surface area contributed by atoms with E-state index >= 15 is 0 Å². The van der Waals surface area contributed by atoms with Crippen LogP contribution in [0, 0.1) is 17.8 Å². The molecule has 3 heterocycles. The van der Waals surface area contributed by atoms with Crippen molar-refractivity contribution in [1.82, 2.24) is 15.3 Å². The molecule has 7 rings (SSSR count). The summed E-state index contributed by atoms with van der Waals surface area (Å²) in [6.07, 6.45) is 6.67. The smallest absolute Gasteiger partial charge is 0.270 e. The number of carbonyl (C=O) groups excluding carboxylic acids is 1. The van der Waals surface area contributed by atoms with Crippen molar-refractivity contribution < 1.29 is 9.90 Å². The van der Waals surface area contributed by atoms with E-state index in [9.17, 15) is 9.90 Å². The van der Waals surface area contributed by atoms with E-state index in [1.807, 2.05) is 36.5 Å². The SMILES string of the molecule is CC1CN(c2ccc(N)nc2)CCN1c1cccc(C(=O)NC2C3CC4CC2CC(O)(C4)C3)n1. The van der Waals surface area contributed by atoms with Crippen LogP contribution in [0.2, 0.25) is 0 Å². The molecule has 8 nitrogen and oxygen atoms in total. The second kappa shape index (κ2) is 8.12. The molecule has 34 heavy (non-hydrogen) atoms. The first-order valence-corrected chi connectivity index (χ1v) is 12.6. The molecule has 3 atom stereocenters. The number of rotatable bonds is 4. The summed E-state index contributed by atoms with van der Waals surface area (Å²) >= 11 is 0. The maximum Gasteiger partial charge on any atom is 0.270 e. The molecule has 180 valence electrons. The van der Waals surface area contributed by atoms with Crippen molar-refractivity contribution in [3.05, 3.63) is 42.2 Å². The Balaban J connectivity index is 1.13. The Morgan fingerprint density at radius 2 is 1.94 bits per heavy atom. The van der Waals surface area contributed by atoms with Gasteiger partial charge in [0.25, 0.3) is 5.91 Å². The van der Waals surface area contributed by atoms with Crippen LogP contribution in [0.3, 0.4) is 0 Å². The van der Waals surface area contributed by atoms with Crippen molar-refractivity contribution in [3.63, 3.8) is 0 Å². The third kappa shape index (κ3) is 3.87. The molecule has 2 aromatic rings. The summed E-state index contributed by atoms with van der Waals surface area (Å²) in [6, 6.07) is 9.97. The average Bonchev–Trinajstić information content (AvgIpc) is 2.81. The maximum atomic E-state index is 13.2. The van der Waals surface area contributed by atoms with Crippen molar-refractivity contribution in [2.75, 3.05) is 35.2 Å². The first kappa shape index (κ1) is 21.6. The predicted molar refractivity (Wildman–Crippen MR) is 132 cm³/mol. The Hall–Kier alpha value is -2.87. The number of anilines is 3. The lowest BCUT2D eigenvalue weighted by molar-refractivity contribution is -0.136. The fourth-order valence-corrected chi connectivity index (χ4v) is 7.27. The van der Waals surface area contributed by atoms with Gasteiger partial charge in [-0.3, -0.25) is 4.79 Å². The number of pyridine rings is 2. The number of hydrogen-bond acceptors (Lipinski definition) is 7. The van der Waals surface area contributed by atoms with Gasteiger partial charge in [-0.1, -0.05) is 6.07 Å². The molecule has 2 aromatic heterocycles. The van der Waals surface area contributed by atoms with E-state index in [4.69, 9.17) is 10.7 Å². The molecule has 0 aromatic carbocycles. The molecular formula is C26H34N6O2. The van der Waals surface area contributed by atoms with Crippen molar-refractivity contribution in [1.29, 1.82) is 0 Å². The number of aromatic nitrogens is 2. The Kier molecular flexibility index (Phi) is 5.17. The van der Waals surface area contributed by atoms with Gasteiger partial charge in [-0.15, -0.1) is 0 Å². The fourth-order valence-electron chi connectivity index (χ4n) is 7.27. The van der Waals surface area contributed by atoms with Crippen LogP contribution >= 0.6 is 0 Å². The van der Waals surface area contributed by atoms with Gasteiger partial charge in [0.05, 0.1) is 17.5 Å². The molecular weight excluding hydrogens is 428 g/mol. The number of nitrogens with two attached hydrogens (primary N) is 1. The largest absolute Gasteiger partial charge is 0.390 e. The van der Waals surface area contributed by atoms with Crippen LogP contribution in [0.5, 0.6) is 0 Å². The number of nitrogens with zero attached hydrogens (tertiary/aromatic N) is 4. The van der Waals surface area contributed by atoms with E-state index in [2.05, 4.69) is 27.0 Å². The number of nitrogen functional groups attached to an aromatic ring is 1. The zero-order valence-electron chi connectivity index (χ0n) is 19.7. The predicted octanol–water partition coefficient (Wildman–Crippen LogP) is 2.44. The van der Waals surface area contributed by atoms with E-state index in [0.29, 0.717) is 29.3 Å². The highest BCUT2D eigenvalue weighted by molar-refractivity contribution is 5.93. The normalized spacial score (nSPS) is 34.4. The third-order valence-electron chi connectivity index (χ3n) is 8.56. The lowest BCUT2D eigenvalue weighted by atomic mass is 9.52. The number of hydrogen-bond donors (Lipinski definition) is 3. The molecule has 5 aliphatic rings. The highest BCUT2D eigenvalue weighted by atomic mass is 16.3. The molecule has 1 amide bonds. The first-order valence-electron chi connectivity index (χ1n) is 12.6. The van der Waals surface area contributed by atoms with Crippen LogP contribution in [0.1, 0.15) is 49.5 Å². The van der Waals surface area contributed by atoms with Crippen LogP contribution in [0.15, 0.2) is 36.5 Å². The summed E-state index contributed by atoms with van der Waals surface area (Å²) in [4.78, 5) is 26.8. The Labute approximate surface area is 200 Å². The molecule has 1 aliphatic heterocycles. The molecule has 4 saturated carbocycles. The highest BCUT2D eigenvalue weighted by Crippen LogP contribution is 2.55. The van der Waals surface area contributed by atoms with Crippen LogP contribution in [-0.2, 0) is 0 Å². The minimum atomic E-state index is -0.489. The average molecular weight is 463 g/mol. The number of nitrogens with one attached hydrogen (secondary N) is 1. The quantitative estimate of drug-likeness (QED) is 0.641. The number of aliphatic hydroxyl groups is 1. The Morgan fingerprint density at radius 1 is 1.15 bits per heavy atom. The van der Waals surface area contributed by atoms with Crippen LogP contribution < -0.4 is 20.9 Å². The molecule has 3 unspecified atom stereocenters. The van der Waals surface area contributed by atoms with E-state index in [1.54, 1.807) is 0 Å². The summed E-state index contributed by atoms with van der Waals surface area (Å²) in [5.74, 6) is 2.68. The van der Waals surface area contributed by atoms with Gasteiger partial charge < -0.3 is 26.0 Å². The van der Waals surface area contributed by atoms with Gasteiger partial charge in [-0.25, -0.2) is 9.97 Å². The third-order valence-corrected chi connectivity index (χ3v) is 8.56. The summed E-state index contributed by atoms with van der Waals surface area (Å²) in [5.41, 5.74) is 6.79. The van der Waals surface area contributed by atoms with E-state index < -0.39 is 5.60 Å². The second-order valence-electron chi connectivity index (χ2n) is 11.0. The Bertz CT molecular complexity index is 1060. The summed E-state index contributed by atoms with van der Waals surface area (Å²) in [7, 11) is 0. The molecule has 0 spiro atoms. The van der Waals surface area contributed by atoms with Crippen molar-refractivity contribution in [3.8, 4) is 0 Å². The van der Waals surface area contributed by atoms with Gasteiger partial charge in [0, 0.05) is 31.7 Å². The van der Waals surface area contributed by atoms with E-state index in [1.165, 1.54) is 0 Å². The number of carbonyl (C=O) groups is 1. The summed E-state index contributed by atoms with van der Waals surface area (Å²) in [6.45, 7) is 4.70. The van der Waals surface area contributed by atoms with Gasteiger partial charge in [0.15, 0.2) is 0 Å². The minimum absolute atomic E-state index is 0.0921. The number of piperazine rings is 1. The standard InChI is InChI=1S/C26H34N6O2/c1-16-15-31(20-5-6-22(27)28-14-20)7-8-32(16)23-4-2-3-21(29-23)25(33)30-24-18-9-17-10-19(24)13-26(34,11-17)12-18/h2-6,14,16-19,24,34H,7-13,15H2,1H3,(H2,27,28)(H,30,33). The van der Waals surface area contributed by atoms with Gasteiger partial charge in [-0.2, -0.15) is 0 Å². The molecule has 5 fully saturated rings. The zero-order valence-corrected chi connectivity index (χ0v) is 19.7. The lowest BCUT2D eigenvalue weighted by Crippen LogP contribution is -2.61. The molecule has 4 aliphatic carbocycles. The molecule has 1 saturated heterocycles. The van der Waals surface area contributed by atoms with Crippen molar-refractivity contribution in [2.24, 2.45) is 17.8 Å². The molecule has 0 radical (unpaired) electrons. The highest BCUT2D eigenvalue weighted by Gasteiger charge is 2.55. The second-order valence-corrected chi connectivity index (χ2v) is 11.0. The summed E-state index contributed by atoms with van der Waals surface area (Å²) in [5, 5.41) is 14.2. The minimum Gasteiger partial charge on any atom is -0.390 e. The maximum absolute atomic E-state index is 13.2. The van der Waals surface area contributed by atoms with Gasteiger partial charge in [0.2, 0.25) is 0 Å². The zero-order chi connectivity index (χ0) is 23.4.